The van der Waals surface area contributed by atoms with Crippen LogP contribution < -0.4 is 10.9 Å². The molecule has 0 aromatic carbocycles. The molecule has 0 spiro atoms. The number of nitrogens with zero attached hydrogens (tertiary/aromatic N) is 3. The van der Waals surface area contributed by atoms with Crippen molar-refractivity contribution in [3.05, 3.63) is 16.7 Å². The standard InChI is InChI=1S/C15H20N5O8P/c1-6(2)12(22)18-15-17-11-8(13(23)19-15)16-5-20(11)14-10(28-29(24)25)9(26-3)7(4-21)27-14/h5-7,9-10,14,21H,4H2,1-3H3,(H2-,17,18,19,22,23,24,25)/p+1. The number of carbonyl (C=O) groups is 1. The van der Waals surface area contributed by atoms with Gasteiger partial charge in [-0.15, -0.1) is 9.42 Å². The molecule has 2 aromatic rings. The monoisotopic (exact) mass is 430 g/mol. The summed E-state index contributed by atoms with van der Waals surface area (Å²) in [7, 11) is -1.67. The van der Waals surface area contributed by atoms with Gasteiger partial charge in [-0.2, -0.15) is 4.98 Å². The average Bonchev–Trinajstić information content (AvgIpc) is 3.22. The van der Waals surface area contributed by atoms with Crippen LogP contribution in [0.3, 0.4) is 0 Å². The van der Waals surface area contributed by atoms with Crippen molar-refractivity contribution in [1.82, 2.24) is 19.5 Å². The van der Waals surface area contributed by atoms with E-state index in [0.29, 0.717) is 0 Å². The molecule has 1 saturated heterocycles. The van der Waals surface area contributed by atoms with E-state index in [4.69, 9.17) is 14.0 Å². The Bertz CT molecular complexity index is 975. The van der Waals surface area contributed by atoms with Gasteiger partial charge in [-0.1, -0.05) is 13.8 Å². The lowest BCUT2D eigenvalue weighted by molar-refractivity contribution is -0.118. The van der Waals surface area contributed by atoms with Crippen LogP contribution in [0.5, 0.6) is 0 Å². The van der Waals surface area contributed by atoms with Gasteiger partial charge in [-0.3, -0.25) is 24.5 Å². The van der Waals surface area contributed by atoms with E-state index in [1.165, 1.54) is 18.0 Å². The number of aliphatic hydroxyl groups is 1. The molecule has 14 heteroatoms. The van der Waals surface area contributed by atoms with Gasteiger partial charge in [0.2, 0.25) is 11.9 Å². The minimum absolute atomic E-state index is 0.0373. The first kappa shape index (κ1) is 21.4. The maximum absolute atomic E-state index is 12.3. The molecular weight excluding hydrogens is 409 g/mol. The van der Waals surface area contributed by atoms with Gasteiger partial charge in [0.25, 0.3) is 5.56 Å². The topological polar surface area (TPSA) is 178 Å². The number of carbonyl (C=O) groups excluding carboxylic acids is 1. The average molecular weight is 430 g/mol. The van der Waals surface area contributed by atoms with E-state index in [9.17, 15) is 24.2 Å². The summed E-state index contributed by atoms with van der Waals surface area (Å²) in [6.07, 6.45) is -2.65. The van der Waals surface area contributed by atoms with Crippen molar-refractivity contribution in [2.24, 2.45) is 5.92 Å². The van der Waals surface area contributed by atoms with Crippen molar-refractivity contribution in [3.63, 3.8) is 0 Å². The van der Waals surface area contributed by atoms with Crippen LogP contribution in [0.25, 0.3) is 11.2 Å². The largest absolute Gasteiger partial charge is 0.695 e. The van der Waals surface area contributed by atoms with Gasteiger partial charge < -0.3 is 14.6 Å². The highest BCUT2D eigenvalue weighted by molar-refractivity contribution is 7.32. The molecule has 1 amide bonds. The fourth-order valence-corrected chi connectivity index (χ4v) is 3.45. The van der Waals surface area contributed by atoms with Crippen LogP contribution in [0, 0.1) is 5.92 Å². The summed E-state index contributed by atoms with van der Waals surface area (Å²) in [5.74, 6) is -0.784. The second kappa shape index (κ2) is 8.61. The molecule has 5 unspecified atom stereocenters. The Morgan fingerprint density at radius 3 is 2.79 bits per heavy atom. The van der Waals surface area contributed by atoms with Crippen molar-refractivity contribution >= 4 is 31.3 Å². The van der Waals surface area contributed by atoms with Crippen LogP contribution >= 0.6 is 8.25 Å². The molecule has 0 aliphatic carbocycles. The molecule has 29 heavy (non-hydrogen) atoms. The number of anilines is 1. The number of hydrogen-bond acceptors (Lipinski definition) is 9. The smallest absolute Gasteiger partial charge is 0.394 e. The van der Waals surface area contributed by atoms with E-state index < -0.39 is 45.0 Å². The summed E-state index contributed by atoms with van der Waals surface area (Å²) in [5.41, 5.74) is -0.587. The Hall–Kier alpha value is -2.28. The van der Waals surface area contributed by atoms with Crippen LogP contribution in [-0.4, -0.2) is 67.5 Å². The first-order chi connectivity index (χ1) is 13.8. The van der Waals surface area contributed by atoms with Gasteiger partial charge >= 0.3 is 8.25 Å². The minimum atomic E-state index is -3.02. The number of aliphatic hydroxyl groups excluding tert-OH is 1. The maximum Gasteiger partial charge on any atom is 0.695 e. The Kier molecular flexibility index (Phi) is 6.36. The molecule has 4 N–H and O–H groups in total. The normalized spacial score (nSPS) is 25.0. The van der Waals surface area contributed by atoms with Gasteiger partial charge in [0.1, 0.15) is 12.2 Å². The molecule has 0 radical (unpaired) electrons. The zero-order chi connectivity index (χ0) is 21.3. The number of imidazole rings is 1. The molecule has 1 fully saturated rings. The van der Waals surface area contributed by atoms with Gasteiger partial charge in [-0.25, -0.2) is 4.98 Å². The van der Waals surface area contributed by atoms with Gasteiger partial charge in [0.05, 0.1) is 12.9 Å². The lowest BCUT2D eigenvalue weighted by Crippen LogP contribution is -2.36. The third kappa shape index (κ3) is 4.20. The van der Waals surface area contributed by atoms with Gasteiger partial charge in [0, 0.05) is 17.6 Å². The Morgan fingerprint density at radius 1 is 1.48 bits per heavy atom. The summed E-state index contributed by atoms with van der Waals surface area (Å²) in [6, 6.07) is 0. The SMILES string of the molecule is COC1C(CO)OC(n2cnc3c(=O)[nH]c(NC(=O)C(C)C)nc32)C1O[P+](=O)O. The molecule has 1 aliphatic heterocycles. The van der Waals surface area contributed by atoms with Crippen molar-refractivity contribution in [2.75, 3.05) is 19.0 Å². The summed E-state index contributed by atoms with van der Waals surface area (Å²) < 4.78 is 28.7. The van der Waals surface area contributed by atoms with Crippen molar-refractivity contribution in [2.45, 2.75) is 38.4 Å². The predicted molar refractivity (Wildman–Crippen MR) is 98.1 cm³/mol. The van der Waals surface area contributed by atoms with Crippen molar-refractivity contribution in [3.8, 4) is 0 Å². The lowest BCUT2D eigenvalue weighted by Gasteiger charge is -2.18. The molecule has 0 saturated carbocycles. The number of methoxy groups -OCH3 is 1. The van der Waals surface area contributed by atoms with Crippen LogP contribution in [-0.2, 0) is 23.4 Å². The molecular formula is C15H21N5O8P+. The van der Waals surface area contributed by atoms with Gasteiger partial charge in [-0.05, 0) is 0 Å². The minimum Gasteiger partial charge on any atom is -0.394 e. The summed E-state index contributed by atoms with van der Waals surface area (Å²) in [4.78, 5) is 44.1. The van der Waals surface area contributed by atoms with Crippen LogP contribution in [0.4, 0.5) is 5.95 Å². The molecule has 158 valence electrons. The Morgan fingerprint density at radius 2 is 2.21 bits per heavy atom. The van der Waals surface area contributed by atoms with E-state index in [2.05, 4.69) is 20.3 Å². The van der Waals surface area contributed by atoms with E-state index in [1.807, 2.05) is 0 Å². The van der Waals surface area contributed by atoms with E-state index >= 15 is 0 Å². The second-order valence-corrected chi connectivity index (χ2v) is 7.32. The highest BCUT2D eigenvalue weighted by atomic mass is 31.1. The first-order valence-electron chi connectivity index (χ1n) is 8.66. The van der Waals surface area contributed by atoms with Crippen LogP contribution in [0.15, 0.2) is 11.1 Å². The molecule has 0 bridgehead atoms. The Labute approximate surface area is 165 Å². The number of rotatable bonds is 7. The fourth-order valence-electron chi connectivity index (χ4n) is 3.01. The molecule has 13 nitrogen and oxygen atoms in total. The predicted octanol–water partition coefficient (Wildman–Crippen LogP) is -0.346. The zero-order valence-corrected chi connectivity index (χ0v) is 16.7. The molecule has 3 rings (SSSR count). The van der Waals surface area contributed by atoms with Crippen molar-refractivity contribution < 1.29 is 33.4 Å². The van der Waals surface area contributed by atoms with Crippen LogP contribution in [0.1, 0.15) is 20.1 Å². The third-order valence-electron chi connectivity index (χ3n) is 4.42. The maximum atomic E-state index is 12.3. The number of hydrogen-bond donors (Lipinski definition) is 4. The zero-order valence-electron chi connectivity index (χ0n) is 15.8. The van der Waals surface area contributed by atoms with E-state index in [-0.39, 0.29) is 28.9 Å². The molecule has 5 atom stereocenters. The van der Waals surface area contributed by atoms with Crippen molar-refractivity contribution in [1.29, 1.82) is 0 Å². The summed E-state index contributed by atoms with van der Waals surface area (Å²) in [5, 5.41) is 12.0. The summed E-state index contributed by atoms with van der Waals surface area (Å²) >= 11 is 0. The summed E-state index contributed by atoms with van der Waals surface area (Å²) in [6.45, 7) is 2.93. The quantitative estimate of drug-likeness (QED) is 0.425. The Balaban J connectivity index is 2.05. The van der Waals surface area contributed by atoms with Crippen LogP contribution in [0.2, 0.25) is 0 Å². The van der Waals surface area contributed by atoms with Gasteiger partial charge in [0.15, 0.2) is 23.5 Å². The molecule has 3 heterocycles. The number of fused-ring (bicyclic) bond motifs is 1. The molecule has 2 aromatic heterocycles. The number of nitrogens with one attached hydrogen (secondary N) is 2. The number of ether oxygens (including phenoxy) is 2. The molecule has 1 aliphatic rings. The second-order valence-electron chi connectivity index (χ2n) is 6.64. The fraction of sp³-hybridized carbons (Fsp3) is 0.600. The highest BCUT2D eigenvalue weighted by Gasteiger charge is 2.51. The highest BCUT2D eigenvalue weighted by Crippen LogP contribution is 2.38. The lowest BCUT2D eigenvalue weighted by atomic mass is 10.1. The van der Waals surface area contributed by atoms with E-state index in [0.717, 1.165) is 0 Å². The van der Waals surface area contributed by atoms with E-state index in [1.54, 1.807) is 13.8 Å². The number of aromatic amines is 1. The first-order valence-corrected chi connectivity index (χ1v) is 9.79. The number of H-pyrrole nitrogens is 1. The number of amides is 1. The number of aromatic nitrogens is 4. The third-order valence-corrected chi connectivity index (χ3v) is 4.85.